The number of rotatable bonds is 4. The Morgan fingerprint density at radius 3 is 2.22 bits per heavy atom. The summed E-state index contributed by atoms with van der Waals surface area (Å²) in [4.78, 5) is 15.8. The normalized spacial score (nSPS) is 9.72. The van der Waals surface area contributed by atoms with Crippen LogP contribution in [0.2, 0.25) is 0 Å². The zero-order valence-corrected chi connectivity index (χ0v) is 12.5. The molecule has 3 nitrogen and oxygen atoms in total. The van der Waals surface area contributed by atoms with Crippen molar-refractivity contribution in [3.8, 4) is 0 Å². The summed E-state index contributed by atoms with van der Waals surface area (Å²) in [5.74, 6) is 0.0885. The summed E-state index contributed by atoms with van der Waals surface area (Å²) in [5, 5.41) is 0. The van der Waals surface area contributed by atoms with Gasteiger partial charge in [0.25, 0.3) is 5.91 Å². The second kappa shape index (κ2) is 8.70. The fourth-order valence-corrected chi connectivity index (χ4v) is 1.45. The fraction of sp³-hybridized carbons (Fsp3) is 0.533. The standard InChI is InChI=1S/C13H20N2O.C2H6/c1-11-6-5-7-12(10-11)13(16)15(4)9-8-14(2)3;1-2/h5-7,10H,8-9H2,1-4H3;1-2H3. The van der Waals surface area contributed by atoms with Gasteiger partial charge >= 0.3 is 0 Å². The number of nitrogens with zero attached hydrogens (tertiary/aromatic N) is 2. The molecule has 3 heteroatoms. The number of benzene rings is 1. The monoisotopic (exact) mass is 250 g/mol. The van der Waals surface area contributed by atoms with Gasteiger partial charge in [-0.15, -0.1) is 0 Å². The molecule has 0 atom stereocenters. The SMILES string of the molecule is CC.Cc1cccc(C(=O)N(C)CCN(C)C)c1. The van der Waals surface area contributed by atoms with E-state index in [-0.39, 0.29) is 5.91 Å². The largest absolute Gasteiger partial charge is 0.340 e. The molecule has 0 aromatic heterocycles. The van der Waals surface area contributed by atoms with Gasteiger partial charge in [0, 0.05) is 25.7 Å². The number of amides is 1. The highest BCUT2D eigenvalue weighted by molar-refractivity contribution is 5.94. The summed E-state index contributed by atoms with van der Waals surface area (Å²) in [5.41, 5.74) is 1.88. The van der Waals surface area contributed by atoms with Gasteiger partial charge in [0.15, 0.2) is 0 Å². The van der Waals surface area contributed by atoms with Crippen molar-refractivity contribution in [2.75, 3.05) is 34.2 Å². The maximum absolute atomic E-state index is 12.0. The van der Waals surface area contributed by atoms with E-state index < -0.39 is 0 Å². The van der Waals surface area contributed by atoms with Crippen molar-refractivity contribution in [1.82, 2.24) is 9.80 Å². The molecule has 0 saturated carbocycles. The first-order chi connectivity index (χ1) is 8.50. The molecule has 1 amide bonds. The third kappa shape index (κ3) is 5.82. The predicted octanol–water partition coefficient (Wildman–Crippen LogP) is 2.65. The lowest BCUT2D eigenvalue weighted by molar-refractivity contribution is 0.0786. The third-order valence-corrected chi connectivity index (χ3v) is 2.49. The van der Waals surface area contributed by atoms with E-state index in [9.17, 15) is 4.79 Å². The number of hydrogen-bond donors (Lipinski definition) is 0. The highest BCUT2D eigenvalue weighted by Crippen LogP contribution is 2.06. The van der Waals surface area contributed by atoms with Crippen molar-refractivity contribution in [3.05, 3.63) is 35.4 Å². The van der Waals surface area contributed by atoms with Crippen LogP contribution in [0.5, 0.6) is 0 Å². The van der Waals surface area contributed by atoms with Gasteiger partial charge < -0.3 is 9.80 Å². The van der Waals surface area contributed by atoms with Crippen LogP contribution in [-0.4, -0.2) is 49.9 Å². The summed E-state index contributed by atoms with van der Waals surface area (Å²) in [6, 6.07) is 7.70. The minimum absolute atomic E-state index is 0.0885. The molecule has 0 aliphatic carbocycles. The molecule has 0 radical (unpaired) electrons. The van der Waals surface area contributed by atoms with Gasteiger partial charge in [-0.2, -0.15) is 0 Å². The maximum Gasteiger partial charge on any atom is 0.253 e. The number of carbonyl (C=O) groups is 1. The molecule has 1 rings (SSSR count). The van der Waals surface area contributed by atoms with Crippen LogP contribution >= 0.6 is 0 Å². The lowest BCUT2D eigenvalue weighted by Crippen LogP contribution is -2.33. The molecular weight excluding hydrogens is 224 g/mol. The smallest absolute Gasteiger partial charge is 0.253 e. The first kappa shape index (κ1) is 16.6. The Morgan fingerprint density at radius 1 is 1.11 bits per heavy atom. The molecule has 102 valence electrons. The average Bonchev–Trinajstić information content (AvgIpc) is 2.37. The fourth-order valence-electron chi connectivity index (χ4n) is 1.45. The molecule has 0 N–H and O–H groups in total. The average molecular weight is 250 g/mol. The van der Waals surface area contributed by atoms with E-state index in [1.807, 2.05) is 66.2 Å². The first-order valence-corrected chi connectivity index (χ1v) is 6.47. The molecule has 18 heavy (non-hydrogen) atoms. The van der Waals surface area contributed by atoms with Crippen molar-refractivity contribution >= 4 is 5.91 Å². The van der Waals surface area contributed by atoms with Gasteiger partial charge in [0.1, 0.15) is 0 Å². The van der Waals surface area contributed by atoms with E-state index in [1.165, 1.54) is 0 Å². The Balaban J connectivity index is 0.00000137. The van der Waals surface area contributed by atoms with E-state index in [0.29, 0.717) is 0 Å². The van der Waals surface area contributed by atoms with Crippen LogP contribution in [0.3, 0.4) is 0 Å². The van der Waals surface area contributed by atoms with Gasteiger partial charge in [0.05, 0.1) is 0 Å². The molecule has 0 bridgehead atoms. The second-order valence-corrected chi connectivity index (χ2v) is 4.40. The van der Waals surface area contributed by atoms with Crippen LogP contribution < -0.4 is 0 Å². The maximum atomic E-state index is 12.0. The Labute approximate surface area is 111 Å². The number of carbonyl (C=O) groups excluding carboxylic acids is 1. The van der Waals surface area contributed by atoms with E-state index in [0.717, 1.165) is 24.2 Å². The topological polar surface area (TPSA) is 23.6 Å². The molecule has 0 fully saturated rings. The van der Waals surface area contributed by atoms with Crippen molar-refractivity contribution in [2.24, 2.45) is 0 Å². The summed E-state index contributed by atoms with van der Waals surface area (Å²) < 4.78 is 0. The van der Waals surface area contributed by atoms with Crippen LogP contribution in [0.1, 0.15) is 29.8 Å². The molecule has 0 unspecified atom stereocenters. The first-order valence-electron chi connectivity index (χ1n) is 6.47. The molecule has 1 aromatic rings. The van der Waals surface area contributed by atoms with Gasteiger partial charge in [0.2, 0.25) is 0 Å². The van der Waals surface area contributed by atoms with Crippen LogP contribution in [0.4, 0.5) is 0 Å². The highest BCUT2D eigenvalue weighted by Gasteiger charge is 2.11. The van der Waals surface area contributed by atoms with Gasteiger partial charge in [-0.05, 0) is 33.2 Å². The Bertz CT molecular complexity index is 361. The zero-order valence-electron chi connectivity index (χ0n) is 12.5. The molecule has 0 saturated heterocycles. The quantitative estimate of drug-likeness (QED) is 0.820. The molecule has 0 heterocycles. The number of likely N-dealkylation sites (N-methyl/N-ethyl adjacent to an activating group) is 2. The number of aryl methyl sites for hydroxylation is 1. The molecular formula is C15H26N2O. The molecule has 1 aromatic carbocycles. The highest BCUT2D eigenvalue weighted by atomic mass is 16.2. The van der Waals surface area contributed by atoms with Crippen molar-refractivity contribution in [2.45, 2.75) is 20.8 Å². The van der Waals surface area contributed by atoms with Crippen molar-refractivity contribution in [1.29, 1.82) is 0 Å². The minimum atomic E-state index is 0.0885. The summed E-state index contributed by atoms with van der Waals surface area (Å²) in [7, 11) is 5.85. The van der Waals surface area contributed by atoms with Gasteiger partial charge in [-0.25, -0.2) is 0 Å². The lowest BCUT2D eigenvalue weighted by atomic mass is 10.1. The van der Waals surface area contributed by atoms with Crippen molar-refractivity contribution < 1.29 is 4.79 Å². The lowest BCUT2D eigenvalue weighted by Gasteiger charge is -2.19. The minimum Gasteiger partial charge on any atom is -0.340 e. The van der Waals surface area contributed by atoms with Crippen LogP contribution in [0.25, 0.3) is 0 Å². The molecule has 0 aliphatic rings. The number of hydrogen-bond acceptors (Lipinski definition) is 2. The molecule has 0 spiro atoms. The Hall–Kier alpha value is -1.35. The van der Waals surface area contributed by atoms with Gasteiger partial charge in [-0.3, -0.25) is 4.79 Å². The summed E-state index contributed by atoms with van der Waals surface area (Å²) >= 11 is 0. The predicted molar refractivity (Wildman–Crippen MR) is 78.0 cm³/mol. The van der Waals surface area contributed by atoms with E-state index >= 15 is 0 Å². The Kier molecular flexibility index (Phi) is 8.05. The van der Waals surface area contributed by atoms with Gasteiger partial charge in [-0.1, -0.05) is 31.5 Å². The summed E-state index contributed by atoms with van der Waals surface area (Å²) in [6.07, 6.45) is 0. The Morgan fingerprint density at radius 2 is 1.72 bits per heavy atom. The van der Waals surface area contributed by atoms with Crippen LogP contribution in [0.15, 0.2) is 24.3 Å². The van der Waals surface area contributed by atoms with E-state index in [1.54, 1.807) is 4.90 Å². The van der Waals surface area contributed by atoms with Crippen molar-refractivity contribution in [3.63, 3.8) is 0 Å². The third-order valence-electron chi connectivity index (χ3n) is 2.49. The van der Waals surface area contributed by atoms with E-state index in [2.05, 4.69) is 4.90 Å². The molecule has 0 aliphatic heterocycles. The van der Waals surface area contributed by atoms with Crippen LogP contribution in [0, 0.1) is 6.92 Å². The summed E-state index contributed by atoms with van der Waals surface area (Å²) in [6.45, 7) is 7.63. The van der Waals surface area contributed by atoms with E-state index in [4.69, 9.17) is 0 Å². The zero-order chi connectivity index (χ0) is 14.1. The van der Waals surface area contributed by atoms with Crippen LogP contribution in [-0.2, 0) is 0 Å². The second-order valence-electron chi connectivity index (χ2n) is 4.40.